The minimum absolute atomic E-state index is 0.275. The number of amides is 1. The second kappa shape index (κ2) is 7.58. The zero-order valence-electron chi connectivity index (χ0n) is 13.1. The zero-order chi connectivity index (χ0) is 17.8. The van der Waals surface area contributed by atoms with Crippen LogP contribution < -0.4 is 10.1 Å². The smallest absolute Gasteiger partial charge is 0.266 e. The highest BCUT2D eigenvalue weighted by molar-refractivity contribution is 7.10. The van der Waals surface area contributed by atoms with Crippen LogP contribution in [0.5, 0.6) is 5.75 Å². The van der Waals surface area contributed by atoms with Crippen LogP contribution in [0, 0.1) is 5.82 Å². The van der Waals surface area contributed by atoms with Crippen LogP contribution >= 0.6 is 23.1 Å². The molecule has 0 fully saturated rings. The van der Waals surface area contributed by atoms with Crippen molar-refractivity contribution in [2.24, 2.45) is 0 Å². The monoisotopic (exact) mass is 377 g/mol. The van der Waals surface area contributed by atoms with E-state index in [9.17, 15) is 9.18 Å². The van der Waals surface area contributed by atoms with Crippen LogP contribution in [0.2, 0.25) is 5.02 Å². The Morgan fingerprint density at radius 1 is 1.28 bits per heavy atom. The molecule has 1 atom stereocenters. The summed E-state index contributed by atoms with van der Waals surface area (Å²) in [4.78, 5) is 16.5. The van der Waals surface area contributed by atoms with Crippen LogP contribution in [-0.4, -0.2) is 21.4 Å². The van der Waals surface area contributed by atoms with Crippen LogP contribution in [-0.2, 0) is 4.79 Å². The molecule has 5 nitrogen and oxygen atoms in total. The van der Waals surface area contributed by atoms with Crippen molar-refractivity contribution in [1.82, 2.24) is 9.36 Å². The van der Waals surface area contributed by atoms with Crippen molar-refractivity contribution < 1.29 is 13.9 Å². The minimum atomic E-state index is -0.825. The van der Waals surface area contributed by atoms with Gasteiger partial charge < -0.3 is 4.74 Å². The van der Waals surface area contributed by atoms with Gasteiger partial charge in [-0.1, -0.05) is 29.8 Å². The molecule has 0 spiro atoms. The number of nitrogens with one attached hydrogen (secondary N) is 1. The summed E-state index contributed by atoms with van der Waals surface area (Å²) in [5, 5.41) is 3.49. The van der Waals surface area contributed by atoms with E-state index in [1.165, 1.54) is 18.2 Å². The molecule has 0 radical (unpaired) electrons. The maximum atomic E-state index is 13.2. The Kier molecular flexibility index (Phi) is 5.25. The van der Waals surface area contributed by atoms with E-state index < -0.39 is 17.8 Å². The van der Waals surface area contributed by atoms with Crippen LogP contribution in [0.3, 0.4) is 0 Å². The Morgan fingerprint density at radius 2 is 2.08 bits per heavy atom. The van der Waals surface area contributed by atoms with Gasteiger partial charge in [-0.2, -0.15) is 9.36 Å². The van der Waals surface area contributed by atoms with E-state index >= 15 is 0 Å². The van der Waals surface area contributed by atoms with Gasteiger partial charge in [0, 0.05) is 23.2 Å². The Bertz CT molecular complexity index is 903. The maximum Gasteiger partial charge on any atom is 0.266 e. The van der Waals surface area contributed by atoms with Crippen LogP contribution in [0.15, 0.2) is 48.5 Å². The molecule has 1 heterocycles. The lowest BCUT2D eigenvalue weighted by molar-refractivity contribution is -0.122. The first-order chi connectivity index (χ1) is 12.0. The molecule has 8 heteroatoms. The Hall–Kier alpha value is -2.51. The normalized spacial score (nSPS) is 11.8. The van der Waals surface area contributed by atoms with Crippen molar-refractivity contribution >= 4 is 34.2 Å². The standard InChI is InChI=1S/C17H13ClFN3O2S/c1-10(24-12-6-4-5-11(19)9-12)16(23)21-17-20-15(22-25-17)13-7-2-3-8-14(13)18/h2-10H,1H3,(H,20,21,22,23). The molecule has 0 aliphatic rings. The minimum Gasteiger partial charge on any atom is -0.481 e. The second-order valence-corrected chi connectivity index (χ2v) is 6.27. The van der Waals surface area contributed by atoms with E-state index in [0.717, 1.165) is 11.5 Å². The molecule has 1 unspecified atom stereocenters. The SMILES string of the molecule is CC(Oc1cccc(F)c1)C(=O)Nc1nc(-c2ccccc2Cl)ns1. The van der Waals surface area contributed by atoms with E-state index in [2.05, 4.69) is 14.7 Å². The van der Waals surface area contributed by atoms with E-state index in [1.807, 2.05) is 12.1 Å². The second-order valence-electron chi connectivity index (χ2n) is 5.11. The number of carbonyl (C=O) groups excluding carboxylic acids is 1. The summed E-state index contributed by atoms with van der Waals surface area (Å²) >= 11 is 7.15. The molecule has 0 saturated carbocycles. The predicted octanol–water partition coefficient (Wildman–Crippen LogP) is 4.40. The van der Waals surface area contributed by atoms with Gasteiger partial charge in [0.15, 0.2) is 11.9 Å². The molecule has 25 heavy (non-hydrogen) atoms. The van der Waals surface area contributed by atoms with Crippen molar-refractivity contribution in [2.45, 2.75) is 13.0 Å². The van der Waals surface area contributed by atoms with Gasteiger partial charge in [0.05, 0.1) is 5.02 Å². The average molecular weight is 378 g/mol. The van der Waals surface area contributed by atoms with Gasteiger partial charge in [0.1, 0.15) is 11.6 Å². The van der Waals surface area contributed by atoms with E-state index in [0.29, 0.717) is 21.5 Å². The molecule has 3 rings (SSSR count). The molecule has 1 N–H and O–H groups in total. The van der Waals surface area contributed by atoms with Crippen molar-refractivity contribution in [1.29, 1.82) is 0 Å². The van der Waals surface area contributed by atoms with Gasteiger partial charge in [0.2, 0.25) is 5.13 Å². The van der Waals surface area contributed by atoms with Gasteiger partial charge in [-0.05, 0) is 31.2 Å². The van der Waals surface area contributed by atoms with Crippen molar-refractivity contribution in [3.63, 3.8) is 0 Å². The fraction of sp³-hybridized carbons (Fsp3) is 0.118. The number of ether oxygens (including phenoxy) is 1. The van der Waals surface area contributed by atoms with Gasteiger partial charge in [-0.25, -0.2) is 4.39 Å². The third kappa shape index (κ3) is 4.32. The number of nitrogens with zero attached hydrogens (tertiary/aromatic N) is 2. The molecular formula is C17H13ClFN3O2S. The molecule has 0 saturated heterocycles. The Morgan fingerprint density at radius 3 is 2.84 bits per heavy atom. The summed E-state index contributed by atoms with van der Waals surface area (Å²) in [7, 11) is 0. The quantitative estimate of drug-likeness (QED) is 0.715. The Labute approximate surface area is 152 Å². The van der Waals surface area contributed by atoms with Crippen LogP contribution in [0.4, 0.5) is 9.52 Å². The van der Waals surface area contributed by atoms with E-state index in [-0.39, 0.29) is 5.75 Å². The average Bonchev–Trinajstić information content (AvgIpc) is 3.03. The largest absolute Gasteiger partial charge is 0.481 e. The zero-order valence-corrected chi connectivity index (χ0v) is 14.6. The summed E-state index contributed by atoms with van der Waals surface area (Å²) in [6.45, 7) is 1.57. The highest BCUT2D eigenvalue weighted by Crippen LogP contribution is 2.27. The molecule has 0 aliphatic heterocycles. The number of anilines is 1. The third-order valence-corrected chi connectivity index (χ3v) is 4.21. The number of halogens is 2. The first-order valence-electron chi connectivity index (χ1n) is 7.34. The number of hydrogen-bond donors (Lipinski definition) is 1. The van der Waals surface area contributed by atoms with Crippen LogP contribution in [0.1, 0.15) is 6.92 Å². The highest BCUT2D eigenvalue weighted by Gasteiger charge is 2.18. The van der Waals surface area contributed by atoms with Crippen molar-refractivity contribution in [3.8, 4) is 17.1 Å². The number of carbonyl (C=O) groups is 1. The molecule has 1 amide bonds. The number of aromatic nitrogens is 2. The fourth-order valence-electron chi connectivity index (χ4n) is 2.03. The topological polar surface area (TPSA) is 64.1 Å². The van der Waals surface area contributed by atoms with Gasteiger partial charge >= 0.3 is 0 Å². The molecule has 3 aromatic rings. The fourth-order valence-corrected chi connectivity index (χ4v) is 2.84. The first kappa shape index (κ1) is 17.3. The molecule has 2 aromatic carbocycles. The first-order valence-corrected chi connectivity index (χ1v) is 8.50. The van der Waals surface area contributed by atoms with E-state index in [4.69, 9.17) is 16.3 Å². The lowest BCUT2D eigenvalue weighted by Crippen LogP contribution is -2.30. The van der Waals surface area contributed by atoms with Crippen molar-refractivity contribution in [3.05, 3.63) is 59.4 Å². The van der Waals surface area contributed by atoms with E-state index in [1.54, 1.807) is 25.1 Å². The van der Waals surface area contributed by atoms with Gasteiger partial charge in [-0.15, -0.1) is 0 Å². The maximum absolute atomic E-state index is 13.2. The highest BCUT2D eigenvalue weighted by atomic mass is 35.5. The number of rotatable bonds is 5. The lowest BCUT2D eigenvalue weighted by Gasteiger charge is -2.13. The number of benzene rings is 2. The van der Waals surface area contributed by atoms with Gasteiger partial charge in [-0.3, -0.25) is 10.1 Å². The van der Waals surface area contributed by atoms with Crippen LogP contribution in [0.25, 0.3) is 11.4 Å². The van der Waals surface area contributed by atoms with Gasteiger partial charge in [0.25, 0.3) is 5.91 Å². The molecule has 1 aromatic heterocycles. The summed E-state index contributed by atoms with van der Waals surface area (Å²) in [5.41, 5.74) is 0.685. The molecule has 128 valence electrons. The molecular weight excluding hydrogens is 365 g/mol. The Balaban J connectivity index is 1.66. The number of hydrogen-bond acceptors (Lipinski definition) is 5. The van der Waals surface area contributed by atoms with Crippen molar-refractivity contribution in [2.75, 3.05) is 5.32 Å². The molecule has 0 aliphatic carbocycles. The molecule has 0 bridgehead atoms. The third-order valence-electron chi connectivity index (χ3n) is 3.25. The summed E-state index contributed by atoms with van der Waals surface area (Å²) in [5.74, 6) is -0.133. The summed E-state index contributed by atoms with van der Waals surface area (Å²) < 4.78 is 22.8. The lowest BCUT2D eigenvalue weighted by atomic mass is 10.2. The predicted molar refractivity (Wildman–Crippen MR) is 95.5 cm³/mol. The summed E-state index contributed by atoms with van der Waals surface area (Å²) in [6.07, 6.45) is -0.825. The summed E-state index contributed by atoms with van der Waals surface area (Å²) in [6, 6.07) is 12.8.